The molecule has 1 saturated heterocycles. The Kier molecular flexibility index (Phi) is 8.31. The molecule has 3 aromatic rings. The van der Waals surface area contributed by atoms with E-state index in [9.17, 15) is 31.2 Å². The van der Waals surface area contributed by atoms with Crippen LogP contribution in [-0.4, -0.2) is 57.1 Å². The lowest BCUT2D eigenvalue weighted by atomic mass is 9.95. The average molecular weight is 563 g/mol. The summed E-state index contributed by atoms with van der Waals surface area (Å²) >= 11 is 0. The normalized spacial score (nSPS) is 14.4. The van der Waals surface area contributed by atoms with Gasteiger partial charge in [-0.2, -0.15) is 13.2 Å². The fourth-order valence-corrected chi connectivity index (χ4v) is 5.01. The second-order valence-corrected chi connectivity index (χ2v) is 11.9. The van der Waals surface area contributed by atoms with E-state index in [0.717, 1.165) is 24.0 Å². The van der Waals surface area contributed by atoms with Crippen LogP contribution in [0.1, 0.15) is 27.0 Å². The van der Waals surface area contributed by atoms with E-state index in [-0.39, 0.29) is 35.6 Å². The number of morpholine rings is 1. The molecule has 0 spiro atoms. The van der Waals surface area contributed by atoms with Gasteiger partial charge < -0.3 is 14.2 Å². The van der Waals surface area contributed by atoms with Crippen LogP contribution < -0.4 is 10.5 Å². The van der Waals surface area contributed by atoms with E-state index in [4.69, 9.17) is 4.74 Å². The van der Waals surface area contributed by atoms with E-state index >= 15 is 0 Å². The number of rotatable bonds is 8. The quantitative estimate of drug-likeness (QED) is 0.384. The average Bonchev–Trinajstić information content (AvgIpc) is 2.88. The highest BCUT2D eigenvalue weighted by Gasteiger charge is 2.30. The van der Waals surface area contributed by atoms with E-state index in [1.54, 1.807) is 30.5 Å². The van der Waals surface area contributed by atoms with Gasteiger partial charge in [0.15, 0.2) is 5.78 Å². The molecule has 0 radical (unpaired) electrons. The maximum absolute atomic E-state index is 13.3. The molecule has 11 heteroatoms. The second kappa shape index (κ2) is 11.4. The van der Waals surface area contributed by atoms with Gasteiger partial charge >= 0.3 is 6.18 Å². The second-order valence-electron chi connectivity index (χ2n) is 9.67. The summed E-state index contributed by atoms with van der Waals surface area (Å²) in [5.41, 5.74) is 1.93. The van der Waals surface area contributed by atoms with Crippen LogP contribution in [0, 0.1) is 6.92 Å². The third-order valence-corrected chi connectivity index (χ3v) is 7.54. The highest BCUT2D eigenvalue weighted by molar-refractivity contribution is 7.90. The molecule has 0 N–H and O–H groups in total. The van der Waals surface area contributed by atoms with Gasteiger partial charge in [-0.3, -0.25) is 9.59 Å². The van der Waals surface area contributed by atoms with Crippen molar-refractivity contribution in [3.8, 4) is 11.1 Å². The van der Waals surface area contributed by atoms with Crippen LogP contribution in [0.5, 0.6) is 0 Å². The number of carbonyl (C=O) groups is 1. The Balaban J connectivity index is 1.72. The number of benzene rings is 2. The van der Waals surface area contributed by atoms with E-state index in [1.807, 2.05) is 11.8 Å². The van der Waals surface area contributed by atoms with Gasteiger partial charge in [0.05, 0.1) is 24.5 Å². The lowest BCUT2D eigenvalue weighted by molar-refractivity contribution is -0.137. The number of aromatic nitrogens is 1. The largest absolute Gasteiger partial charge is 0.416 e. The highest BCUT2D eigenvalue weighted by Crippen LogP contribution is 2.31. The van der Waals surface area contributed by atoms with Crippen molar-refractivity contribution >= 4 is 21.3 Å². The third-order valence-electron chi connectivity index (χ3n) is 6.61. The number of halogens is 3. The molecule has 0 bridgehead atoms. The molecule has 1 aliphatic rings. The molecule has 39 heavy (non-hydrogen) atoms. The van der Waals surface area contributed by atoms with Crippen LogP contribution in [-0.2, 0) is 33.7 Å². The molecule has 208 valence electrons. The van der Waals surface area contributed by atoms with Crippen molar-refractivity contribution < 1.29 is 31.1 Å². The monoisotopic (exact) mass is 562 g/mol. The molecular formula is C28H29F3N2O5S. The standard InChI is InChI=1S/C28H29F3N2O5S/c1-19-6-7-21(26(34)15-20-4-3-5-23(14-20)28(29,30)31)16-24(19)22-17-25(32-8-11-38-12-9-32)27(35)33(18-22)10-13-39(2,36)37/h3-7,14,16-18H,8-13,15H2,1-2H3. The van der Waals surface area contributed by atoms with Gasteiger partial charge in [-0.25, -0.2) is 8.42 Å². The van der Waals surface area contributed by atoms with Crippen molar-refractivity contribution in [1.82, 2.24) is 4.57 Å². The summed E-state index contributed by atoms with van der Waals surface area (Å²) in [4.78, 5) is 28.3. The van der Waals surface area contributed by atoms with Crippen molar-refractivity contribution in [2.24, 2.45) is 0 Å². The van der Waals surface area contributed by atoms with E-state index in [0.29, 0.717) is 48.7 Å². The zero-order chi connectivity index (χ0) is 28.4. The Morgan fingerprint density at radius 1 is 1.05 bits per heavy atom. The summed E-state index contributed by atoms with van der Waals surface area (Å²) in [6.45, 7) is 3.71. The molecule has 4 rings (SSSR count). The first-order valence-electron chi connectivity index (χ1n) is 12.4. The SMILES string of the molecule is Cc1ccc(C(=O)Cc2cccc(C(F)(F)F)c2)cc1-c1cc(N2CCOCC2)c(=O)n(CCS(C)(=O)=O)c1. The molecule has 1 aromatic heterocycles. The zero-order valence-corrected chi connectivity index (χ0v) is 22.4. The minimum Gasteiger partial charge on any atom is -0.378 e. The molecule has 0 unspecified atom stereocenters. The Hall–Kier alpha value is -3.44. The van der Waals surface area contributed by atoms with Crippen LogP contribution in [0.2, 0.25) is 0 Å². The molecule has 0 amide bonds. The Morgan fingerprint density at radius 3 is 2.44 bits per heavy atom. The first-order chi connectivity index (χ1) is 18.3. The fraction of sp³-hybridized carbons (Fsp3) is 0.357. The summed E-state index contributed by atoms with van der Waals surface area (Å²) in [6, 6.07) is 11.4. The number of carbonyl (C=O) groups excluding carboxylic acids is 1. The number of nitrogens with zero attached hydrogens (tertiary/aromatic N) is 2. The number of sulfone groups is 1. The van der Waals surface area contributed by atoms with Crippen molar-refractivity contribution in [2.75, 3.05) is 43.2 Å². The van der Waals surface area contributed by atoms with Gasteiger partial charge in [0.1, 0.15) is 15.5 Å². The third kappa shape index (κ3) is 7.15. The molecule has 2 heterocycles. The lowest BCUT2D eigenvalue weighted by Crippen LogP contribution is -2.40. The smallest absolute Gasteiger partial charge is 0.378 e. The molecule has 0 atom stereocenters. The van der Waals surface area contributed by atoms with E-state index < -0.39 is 21.6 Å². The summed E-state index contributed by atoms with van der Waals surface area (Å²) in [6.07, 6.45) is -2.02. The van der Waals surface area contributed by atoms with Gasteiger partial charge in [-0.05, 0) is 41.8 Å². The van der Waals surface area contributed by atoms with Crippen LogP contribution in [0.25, 0.3) is 11.1 Å². The summed E-state index contributed by atoms with van der Waals surface area (Å²) in [7, 11) is -3.33. The van der Waals surface area contributed by atoms with Gasteiger partial charge in [0, 0.05) is 49.6 Å². The Labute approximate surface area is 224 Å². The van der Waals surface area contributed by atoms with Gasteiger partial charge in [-0.1, -0.05) is 30.3 Å². The van der Waals surface area contributed by atoms with Crippen LogP contribution in [0.3, 0.4) is 0 Å². The number of hydrogen-bond donors (Lipinski definition) is 0. The summed E-state index contributed by atoms with van der Waals surface area (Å²) < 4.78 is 69.7. The van der Waals surface area contributed by atoms with Crippen LogP contribution >= 0.6 is 0 Å². The molecule has 0 saturated carbocycles. The summed E-state index contributed by atoms with van der Waals surface area (Å²) in [5.74, 6) is -0.567. The Bertz CT molecular complexity index is 1540. The molecule has 2 aromatic carbocycles. The zero-order valence-electron chi connectivity index (χ0n) is 21.6. The number of aryl methyl sites for hydroxylation is 2. The topological polar surface area (TPSA) is 85.7 Å². The van der Waals surface area contributed by atoms with Crippen molar-refractivity contribution in [3.63, 3.8) is 0 Å². The van der Waals surface area contributed by atoms with Crippen molar-refractivity contribution in [1.29, 1.82) is 0 Å². The maximum atomic E-state index is 13.3. The number of hydrogen-bond acceptors (Lipinski definition) is 6. The lowest BCUT2D eigenvalue weighted by Gasteiger charge is -2.29. The van der Waals surface area contributed by atoms with Crippen LogP contribution in [0.4, 0.5) is 18.9 Å². The van der Waals surface area contributed by atoms with E-state index in [1.165, 1.54) is 16.7 Å². The number of anilines is 1. The maximum Gasteiger partial charge on any atom is 0.416 e. The predicted molar refractivity (Wildman–Crippen MR) is 143 cm³/mol. The van der Waals surface area contributed by atoms with Gasteiger partial charge in [0.2, 0.25) is 0 Å². The number of alkyl halides is 3. The van der Waals surface area contributed by atoms with Crippen molar-refractivity contribution in [3.05, 3.63) is 87.3 Å². The fourth-order valence-electron chi connectivity index (χ4n) is 4.48. The van der Waals surface area contributed by atoms with E-state index in [2.05, 4.69) is 0 Å². The molecule has 7 nitrogen and oxygen atoms in total. The predicted octanol–water partition coefficient (Wildman–Crippen LogP) is 4.15. The highest BCUT2D eigenvalue weighted by atomic mass is 32.2. The minimum absolute atomic E-state index is 0.0317. The summed E-state index contributed by atoms with van der Waals surface area (Å²) in [5, 5.41) is 0. The first kappa shape index (κ1) is 28.6. The Morgan fingerprint density at radius 2 is 1.77 bits per heavy atom. The molecule has 0 aliphatic carbocycles. The molecule has 1 aliphatic heterocycles. The molecular weight excluding hydrogens is 533 g/mol. The number of ether oxygens (including phenoxy) is 1. The molecule has 1 fully saturated rings. The van der Waals surface area contributed by atoms with Crippen LogP contribution in [0.15, 0.2) is 59.5 Å². The van der Waals surface area contributed by atoms with Crippen molar-refractivity contribution in [2.45, 2.75) is 26.1 Å². The first-order valence-corrected chi connectivity index (χ1v) is 14.4. The van der Waals surface area contributed by atoms with Gasteiger partial charge in [-0.15, -0.1) is 0 Å². The number of pyridine rings is 1. The number of Topliss-reactive ketones (excluding diaryl/α,β-unsaturated/α-hetero) is 1. The number of ketones is 1. The minimum atomic E-state index is -4.51. The van der Waals surface area contributed by atoms with Gasteiger partial charge in [0.25, 0.3) is 5.56 Å².